The highest BCUT2D eigenvalue weighted by Gasteiger charge is 2.30. The van der Waals surface area contributed by atoms with E-state index in [2.05, 4.69) is 10.6 Å². The van der Waals surface area contributed by atoms with Crippen LogP contribution in [0.4, 0.5) is 9.59 Å². The number of ketones is 4. The Morgan fingerprint density at radius 1 is 0.379 bits per heavy atom. The topological polar surface area (TPSA) is 226 Å². The molecule has 0 saturated carbocycles. The summed E-state index contributed by atoms with van der Waals surface area (Å²) < 4.78 is 11.7. The molecule has 0 spiro atoms. The Morgan fingerprint density at radius 3 is 0.773 bits per heavy atom. The molecule has 6 N–H and O–H groups in total. The fourth-order valence-corrected chi connectivity index (χ4v) is 6.94. The van der Waals surface area contributed by atoms with Crippen molar-refractivity contribution in [1.82, 2.24) is 10.6 Å². The van der Waals surface area contributed by atoms with Crippen LogP contribution in [-0.4, -0.2) is 91.2 Å². The molecule has 0 heterocycles. The SMILES string of the molecule is CC(C)(O)C(=O)c1ccc(C(OC(=O)NCCCCCCCCNC(=O)OC(c2ccc(C(=O)C(C)(C)O)cc2)c2ccc(C(=O)C(C)(C)O)cc2)c2ccc(C(=O)C(C)(C)O)cc2)cc1. The number of nitrogens with one attached hydrogen (secondary N) is 2. The molecule has 14 heteroatoms. The average molecular weight is 909 g/mol. The van der Waals surface area contributed by atoms with Gasteiger partial charge in [0.1, 0.15) is 22.4 Å². The second-order valence-electron chi connectivity index (χ2n) is 18.6. The highest BCUT2D eigenvalue weighted by atomic mass is 16.6. The van der Waals surface area contributed by atoms with Crippen LogP contribution in [0.25, 0.3) is 0 Å². The standard InChI is InChI=1S/C52H64N2O12/c1-49(2,61)43(55)37-23-15-33(16-24-37)41(34-17-25-38(26-18-34)44(56)50(3,4)62)65-47(59)53-31-13-11-9-10-12-14-32-54-48(60)66-42(35-19-27-39(28-20-35)45(57)51(5,6)63)36-21-29-40(30-22-36)46(58)52(7,8)64/h15-30,41-42,61-64H,9-14,31-32H2,1-8H3,(H,53,59)(H,54,60). The number of rotatable bonds is 23. The molecule has 0 bridgehead atoms. The van der Waals surface area contributed by atoms with Gasteiger partial charge in [-0.3, -0.25) is 19.2 Å². The van der Waals surface area contributed by atoms with Crippen LogP contribution in [0.15, 0.2) is 97.1 Å². The van der Waals surface area contributed by atoms with E-state index < -0.39 is 69.9 Å². The zero-order chi connectivity index (χ0) is 49.0. The minimum Gasteiger partial charge on any atom is -0.436 e. The van der Waals surface area contributed by atoms with Crippen LogP contribution >= 0.6 is 0 Å². The van der Waals surface area contributed by atoms with Crippen molar-refractivity contribution < 1.29 is 58.7 Å². The molecule has 0 radical (unpaired) electrons. The molecule has 0 fully saturated rings. The number of unbranched alkanes of at least 4 members (excludes halogenated alkanes) is 5. The number of ether oxygens (including phenoxy) is 2. The molecule has 0 unspecified atom stereocenters. The normalized spacial score (nSPS) is 12.2. The van der Waals surface area contributed by atoms with Gasteiger partial charge in [-0.15, -0.1) is 0 Å². The minimum atomic E-state index is -1.57. The summed E-state index contributed by atoms with van der Waals surface area (Å²) in [5.74, 6) is -1.85. The smallest absolute Gasteiger partial charge is 0.408 e. The number of Topliss-reactive ketones (excluding diaryl/α,β-unsaturated/α-hetero) is 4. The largest absolute Gasteiger partial charge is 0.436 e. The molecule has 0 atom stereocenters. The van der Waals surface area contributed by atoms with Gasteiger partial charge in [-0.05, 0) is 90.5 Å². The number of amides is 2. The third kappa shape index (κ3) is 15.3. The van der Waals surface area contributed by atoms with Gasteiger partial charge >= 0.3 is 12.2 Å². The molecule has 66 heavy (non-hydrogen) atoms. The van der Waals surface area contributed by atoms with E-state index in [0.717, 1.165) is 25.7 Å². The lowest BCUT2D eigenvalue weighted by molar-refractivity contribution is 0.0487. The number of carbonyl (C=O) groups is 6. The molecule has 14 nitrogen and oxygen atoms in total. The Hall–Kier alpha value is -6.06. The number of carbonyl (C=O) groups excluding carboxylic acids is 6. The summed E-state index contributed by atoms with van der Waals surface area (Å²) in [4.78, 5) is 76.6. The van der Waals surface area contributed by atoms with Gasteiger partial charge in [0, 0.05) is 35.3 Å². The van der Waals surface area contributed by atoms with Crippen molar-refractivity contribution in [3.05, 3.63) is 142 Å². The van der Waals surface area contributed by atoms with Crippen LogP contribution in [0.3, 0.4) is 0 Å². The first-order valence-corrected chi connectivity index (χ1v) is 22.1. The summed E-state index contributed by atoms with van der Waals surface area (Å²) in [6.45, 7) is 11.9. The minimum absolute atomic E-state index is 0.288. The highest BCUT2D eigenvalue weighted by molar-refractivity contribution is 6.03. The maximum absolute atomic E-state index is 13.1. The van der Waals surface area contributed by atoms with Crippen LogP contribution < -0.4 is 10.6 Å². The summed E-state index contributed by atoms with van der Waals surface area (Å²) in [5.41, 5.74) is -2.89. The highest BCUT2D eigenvalue weighted by Crippen LogP contribution is 2.30. The van der Waals surface area contributed by atoms with E-state index in [9.17, 15) is 49.2 Å². The fourth-order valence-electron chi connectivity index (χ4n) is 6.94. The third-order valence-corrected chi connectivity index (χ3v) is 10.7. The summed E-state index contributed by atoms with van der Waals surface area (Å²) in [7, 11) is 0. The van der Waals surface area contributed by atoms with Crippen LogP contribution in [-0.2, 0) is 9.47 Å². The molecule has 0 aliphatic carbocycles. The molecular formula is C52H64N2O12. The molecule has 4 aromatic carbocycles. The lowest BCUT2D eigenvalue weighted by atomic mass is 9.92. The average Bonchev–Trinajstić information content (AvgIpc) is 3.26. The van der Waals surface area contributed by atoms with E-state index in [1.807, 2.05) is 0 Å². The Balaban J connectivity index is 1.25. The van der Waals surface area contributed by atoms with Crippen LogP contribution in [0.1, 0.15) is 170 Å². The predicted octanol–water partition coefficient (Wildman–Crippen LogP) is 8.17. The van der Waals surface area contributed by atoms with Gasteiger partial charge in [0.05, 0.1) is 0 Å². The Kier molecular flexibility index (Phi) is 17.9. The van der Waals surface area contributed by atoms with Crippen LogP contribution in [0, 0.1) is 0 Å². The van der Waals surface area contributed by atoms with E-state index in [1.54, 1.807) is 97.1 Å². The molecule has 0 saturated heterocycles. The first-order chi connectivity index (χ1) is 30.8. The Labute approximate surface area is 386 Å². The number of aliphatic hydroxyl groups is 4. The van der Waals surface area contributed by atoms with E-state index in [4.69, 9.17) is 9.47 Å². The van der Waals surface area contributed by atoms with Crippen LogP contribution in [0.5, 0.6) is 0 Å². The number of hydrogen-bond donors (Lipinski definition) is 6. The number of benzene rings is 4. The summed E-state index contributed by atoms with van der Waals surface area (Å²) in [6, 6.07) is 25.5. The second kappa shape index (κ2) is 22.4. The van der Waals surface area contributed by atoms with E-state index in [1.165, 1.54) is 55.4 Å². The van der Waals surface area contributed by atoms with E-state index >= 15 is 0 Å². The molecule has 354 valence electrons. The zero-order valence-corrected chi connectivity index (χ0v) is 39.1. The number of hydrogen-bond acceptors (Lipinski definition) is 12. The van der Waals surface area contributed by atoms with Gasteiger partial charge in [-0.1, -0.05) is 123 Å². The van der Waals surface area contributed by atoms with E-state index in [-0.39, 0.29) is 22.3 Å². The van der Waals surface area contributed by atoms with Gasteiger partial charge in [0.15, 0.2) is 35.3 Å². The van der Waals surface area contributed by atoms with E-state index in [0.29, 0.717) is 48.2 Å². The molecule has 0 aliphatic heterocycles. The van der Waals surface area contributed by atoms with Crippen molar-refractivity contribution in [1.29, 1.82) is 0 Å². The maximum atomic E-state index is 13.1. The number of alkyl carbamates (subject to hydrolysis) is 2. The molecule has 2 amide bonds. The Morgan fingerprint density at radius 2 is 0.576 bits per heavy atom. The van der Waals surface area contributed by atoms with Gasteiger partial charge in [-0.25, -0.2) is 9.59 Å². The molecule has 0 aromatic heterocycles. The first kappa shape index (κ1) is 52.6. The lowest BCUT2D eigenvalue weighted by Gasteiger charge is -2.21. The summed E-state index contributed by atoms with van der Waals surface area (Å²) in [5, 5.41) is 46.3. The van der Waals surface area contributed by atoms with Gasteiger partial charge in [-0.2, -0.15) is 0 Å². The molecular weight excluding hydrogens is 845 g/mol. The van der Waals surface area contributed by atoms with Gasteiger partial charge in [0.25, 0.3) is 0 Å². The zero-order valence-electron chi connectivity index (χ0n) is 39.1. The van der Waals surface area contributed by atoms with Crippen molar-refractivity contribution in [3.63, 3.8) is 0 Å². The van der Waals surface area contributed by atoms with Crippen molar-refractivity contribution in [2.24, 2.45) is 0 Å². The monoisotopic (exact) mass is 908 g/mol. The molecule has 4 aromatic rings. The maximum Gasteiger partial charge on any atom is 0.408 e. The summed E-state index contributed by atoms with van der Waals surface area (Å²) in [6.07, 6.45) is 1.68. The van der Waals surface area contributed by atoms with Crippen LogP contribution in [0.2, 0.25) is 0 Å². The van der Waals surface area contributed by atoms with Crippen molar-refractivity contribution in [2.75, 3.05) is 13.1 Å². The first-order valence-electron chi connectivity index (χ1n) is 22.1. The molecule has 0 aliphatic rings. The van der Waals surface area contributed by atoms with Crippen molar-refractivity contribution >= 4 is 35.3 Å². The predicted molar refractivity (Wildman–Crippen MR) is 249 cm³/mol. The second-order valence-corrected chi connectivity index (χ2v) is 18.6. The van der Waals surface area contributed by atoms with Crippen molar-refractivity contribution in [2.45, 2.75) is 129 Å². The summed E-state index contributed by atoms with van der Waals surface area (Å²) >= 11 is 0. The lowest BCUT2D eigenvalue weighted by Crippen LogP contribution is -2.31. The quantitative estimate of drug-likeness (QED) is 0.0306. The van der Waals surface area contributed by atoms with Gasteiger partial charge in [0.2, 0.25) is 0 Å². The van der Waals surface area contributed by atoms with Gasteiger partial charge < -0.3 is 40.5 Å². The van der Waals surface area contributed by atoms with Crippen molar-refractivity contribution in [3.8, 4) is 0 Å². The fraction of sp³-hybridized carbons (Fsp3) is 0.423. The Bertz CT molecular complexity index is 1990. The molecule has 4 rings (SSSR count). The third-order valence-electron chi connectivity index (χ3n) is 10.7.